The Hall–Kier alpha value is -1.46. The van der Waals surface area contributed by atoms with Gasteiger partial charge >= 0.3 is 0 Å². The van der Waals surface area contributed by atoms with E-state index in [1.807, 2.05) is 17.8 Å². The van der Waals surface area contributed by atoms with Gasteiger partial charge in [-0.1, -0.05) is 0 Å². The quantitative estimate of drug-likeness (QED) is 0.568. The number of hydrogen-bond donors (Lipinski definition) is 3. The summed E-state index contributed by atoms with van der Waals surface area (Å²) in [7, 11) is -0.728. The van der Waals surface area contributed by atoms with Crippen molar-refractivity contribution in [1.29, 1.82) is 0 Å². The fourth-order valence-electron chi connectivity index (χ4n) is 4.02. The van der Waals surface area contributed by atoms with Crippen LogP contribution in [0.15, 0.2) is 18.2 Å². The molecule has 2 aliphatic rings. The van der Waals surface area contributed by atoms with Crippen LogP contribution in [0.2, 0.25) is 0 Å². The molecule has 2 aliphatic heterocycles. The third-order valence-electron chi connectivity index (χ3n) is 5.49. The number of H-pyrrole nitrogens is 1. The number of thioether (sulfide) groups is 1. The third kappa shape index (κ3) is 4.66. The van der Waals surface area contributed by atoms with Crippen molar-refractivity contribution in [3.63, 3.8) is 0 Å². The zero-order chi connectivity index (χ0) is 20.6. The number of fused-ring (bicyclic) bond motifs is 1. The lowest BCUT2D eigenvalue weighted by molar-refractivity contribution is 0.201. The van der Waals surface area contributed by atoms with E-state index in [4.69, 9.17) is 15.6 Å². The summed E-state index contributed by atoms with van der Waals surface area (Å²) in [5, 5.41) is 10.6. The maximum absolute atomic E-state index is 11.6. The van der Waals surface area contributed by atoms with Crippen molar-refractivity contribution in [3.05, 3.63) is 23.9 Å². The number of nitrogens with zero attached hydrogens (tertiary/aromatic N) is 2. The molecule has 4 N–H and O–H groups in total. The summed E-state index contributed by atoms with van der Waals surface area (Å²) in [5.74, 6) is 1.19. The van der Waals surface area contributed by atoms with Gasteiger partial charge in [-0.3, -0.25) is 4.90 Å². The van der Waals surface area contributed by atoms with Crippen LogP contribution in [-0.4, -0.2) is 91.5 Å². The van der Waals surface area contributed by atoms with Crippen molar-refractivity contribution in [2.24, 2.45) is 0 Å². The third-order valence-corrected chi connectivity index (χ3v) is 8.66. The molecule has 160 valence electrons. The second-order valence-electron chi connectivity index (χ2n) is 7.78. The van der Waals surface area contributed by atoms with E-state index in [2.05, 4.69) is 27.9 Å². The predicted octanol–water partition coefficient (Wildman–Crippen LogP) is 0.897. The molecule has 4 rings (SSSR count). The molecule has 1 aromatic heterocycles. The minimum absolute atomic E-state index is 0.0375. The van der Waals surface area contributed by atoms with Crippen LogP contribution >= 0.6 is 11.8 Å². The number of aromatic nitrogens is 1. The molecule has 0 spiro atoms. The minimum Gasteiger partial charge on any atom is -0.491 e. The van der Waals surface area contributed by atoms with E-state index in [9.17, 15) is 8.42 Å². The Labute approximate surface area is 175 Å². The second-order valence-corrected chi connectivity index (χ2v) is 11.5. The molecule has 2 unspecified atom stereocenters. The largest absolute Gasteiger partial charge is 0.491 e. The van der Waals surface area contributed by atoms with Crippen LogP contribution in [0, 0.1) is 0 Å². The lowest BCUT2D eigenvalue weighted by Crippen LogP contribution is -2.43. The molecule has 29 heavy (non-hydrogen) atoms. The molecule has 0 radical (unpaired) electrons. The number of nitrogens with two attached hydrogens (primary N) is 1. The molecule has 10 heteroatoms. The second kappa shape index (κ2) is 8.35. The van der Waals surface area contributed by atoms with Crippen LogP contribution in [0.4, 0.5) is 5.69 Å². The first-order chi connectivity index (χ1) is 13.8. The fourth-order valence-corrected chi connectivity index (χ4v) is 6.85. The van der Waals surface area contributed by atoms with Gasteiger partial charge in [0.05, 0.1) is 34.7 Å². The van der Waals surface area contributed by atoms with Gasteiger partial charge in [0.15, 0.2) is 9.84 Å². The number of aromatic amines is 1. The van der Waals surface area contributed by atoms with Crippen molar-refractivity contribution in [2.45, 2.75) is 10.6 Å². The number of benzene rings is 1. The molecular formula is C19H28N4O4S2. The maximum atomic E-state index is 11.6. The summed E-state index contributed by atoms with van der Waals surface area (Å²) in [6.45, 7) is 3.32. The number of nitrogen functional groups attached to an aromatic ring is 1. The molecule has 2 fully saturated rings. The van der Waals surface area contributed by atoms with Crippen molar-refractivity contribution in [3.8, 4) is 5.75 Å². The Bertz CT molecular complexity index is 964. The van der Waals surface area contributed by atoms with Crippen LogP contribution < -0.4 is 10.5 Å². The normalized spacial score (nSPS) is 25.6. The number of ether oxygens (including phenoxy) is 1. The zero-order valence-electron chi connectivity index (χ0n) is 16.5. The number of rotatable bonds is 6. The van der Waals surface area contributed by atoms with E-state index in [1.165, 1.54) is 0 Å². The molecule has 8 nitrogen and oxygen atoms in total. The highest BCUT2D eigenvalue weighted by Crippen LogP contribution is 2.42. The van der Waals surface area contributed by atoms with Crippen molar-refractivity contribution in [1.82, 2.24) is 14.8 Å². The van der Waals surface area contributed by atoms with Gasteiger partial charge in [0.2, 0.25) is 0 Å². The summed E-state index contributed by atoms with van der Waals surface area (Å²) in [6, 6.07) is 5.82. The molecule has 3 heterocycles. The average Bonchev–Trinajstić information content (AvgIpc) is 3.25. The zero-order valence-corrected chi connectivity index (χ0v) is 18.1. The number of nitrogens with one attached hydrogen (secondary N) is 1. The Morgan fingerprint density at radius 1 is 1.31 bits per heavy atom. The Morgan fingerprint density at radius 3 is 2.79 bits per heavy atom. The van der Waals surface area contributed by atoms with Gasteiger partial charge in [0.1, 0.15) is 12.4 Å². The maximum Gasteiger partial charge on any atom is 0.152 e. The highest BCUT2D eigenvalue weighted by atomic mass is 32.2. The summed E-state index contributed by atoms with van der Waals surface area (Å²) >= 11 is 1.90. The molecule has 2 saturated heterocycles. The number of aliphatic hydroxyl groups is 1. The lowest BCUT2D eigenvalue weighted by atomic mass is 10.2. The van der Waals surface area contributed by atoms with Crippen LogP contribution in [0.25, 0.3) is 10.9 Å². The van der Waals surface area contributed by atoms with Crippen molar-refractivity contribution >= 4 is 38.2 Å². The molecule has 1 aromatic carbocycles. The number of sulfone groups is 1. The van der Waals surface area contributed by atoms with Crippen LogP contribution in [-0.2, 0) is 9.84 Å². The Morgan fingerprint density at radius 2 is 2.07 bits per heavy atom. The van der Waals surface area contributed by atoms with Gasteiger partial charge in [0.25, 0.3) is 0 Å². The van der Waals surface area contributed by atoms with Gasteiger partial charge in [0, 0.05) is 48.6 Å². The van der Waals surface area contributed by atoms with Crippen molar-refractivity contribution in [2.75, 3.05) is 63.7 Å². The highest BCUT2D eigenvalue weighted by Gasteiger charge is 2.34. The standard InChI is InChI=1S/C19H28N4O4S2/c1-22-11-15(12-23-2-6-29(25,26)7-3-23)28-19(22)17-9-13-8-14(27-5-4-24)10-16(20)18(13)21-17/h8-10,15,19,21,24H,2-7,11-12,20H2,1H3. The fraction of sp³-hybridized carbons (Fsp3) is 0.579. The lowest BCUT2D eigenvalue weighted by Gasteiger charge is -2.28. The first-order valence-electron chi connectivity index (χ1n) is 9.79. The highest BCUT2D eigenvalue weighted by molar-refractivity contribution is 8.00. The van der Waals surface area contributed by atoms with E-state index in [-0.39, 0.29) is 30.1 Å². The molecular weight excluding hydrogens is 412 g/mol. The summed E-state index contributed by atoms with van der Waals surface area (Å²) in [4.78, 5) is 8.06. The Kier molecular flexibility index (Phi) is 5.99. The van der Waals surface area contributed by atoms with E-state index in [0.29, 0.717) is 29.8 Å². The molecule has 0 bridgehead atoms. The van der Waals surface area contributed by atoms with Gasteiger partial charge in [-0.05, 0) is 19.2 Å². The molecule has 0 amide bonds. The smallest absolute Gasteiger partial charge is 0.152 e. The van der Waals surface area contributed by atoms with E-state index in [0.717, 1.165) is 29.7 Å². The van der Waals surface area contributed by atoms with E-state index >= 15 is 0 Å². The van der Waals surface area contributed by atoms with Gasteiger partial charge in [-0.2, -0.15) is 0 Å². The molecule has 0 saturated carbocycles. The predicted molar refractivity (Wildman–Crippen MR) is 117 cm³/mol. The topological polar surface area (TPSA) is 112 Å². The van der Waals surface area contributed by atoms with Gasteiger partial charge in [-0.25, -0.2) is 8.42 Å². The van der Waals surface area contributed by atoms with E-state index < -0.39 is 9.84 Å². The molecule has 2 aromatic rings. The minimum atomic E-state index is -2.84. The summed E-state index contributed by atoms with van der Waals surface area (Å²) < 4.78 is 28.8. The molecule has 0 aliphatic carbocycles. The average molecular weight is 441 g/mol. The monoisotopic (exact) mass is 440 g/mol. The van der Waals surface area contributed by atoms with Gasteiger partial charge < -0.3 is 25.5 Å². The summed E-state index contributed by atoms with van der Waals surface area (Å²) in [5.41, 5.74) is 8.82. The SMILES string of the molecule is CN1CC(CN2CCS(=O)(=O)CC2)SC1c1cc2cc(OCCO)cc(N)c2[nH]1. The van der Waals surface area contributed by atoms with Crippen LogP contribution in [0.5, 0.6) is 5.75 Å². The first kappa shape index (κ1) is 20.8. The number of hydrogen-bond acceptors (Lipinski definition) is 8. The van der Waals surface area contributed by atoms with Crippen LogP contribution in [0.3, 0.4) is 0 Å². The Balaban J connectivity index is 1.45. The summed E-state index contributed by atoms with van der Waals surface area (Å²) in [6.07, 6.45) is 0. The number of aliphatic hydroxyl groups excluding tert-OH is 1. The van der Waals surface area contributed by atoms with Crippen molar-refractivity contribution < 1.29 is 18.3 Å². The number of anilines is 1. The first-order valence-corrected chi connectivity index (χ1v) is 12.6. The molecule has 2 atom stereocenters. The van der Waals surface area contributed by atoms with E-state index in [1.54, 1.807) is 6.07 Å². The van der Waals surface area contributed by atoms with Crippen LogP contribution in [0.1, 0.15) is 11.1 Å². The van der Waals surface area contributed by atoms with Gasteiger partial charge in [-0.15, -0.1) is 11.8 Å².